The fraction of sp³-hybridized carbons (Fsp3) is 0.385. The van der Waals surface area contributed by atoms with Crippen LogP contribution in [-0.4, -0.2) is 41.0 Å². The Morgan fingerprint density at radius 2 is 2.05 bits per heavy atom. The highest BCUT2D eigenvalue weighted by atomic mass is 35.5. The zero-order valence-corrected chi connectivity index (χ0v) is 11.7. The normalized spacial score (nSPS) is 15.3. The molecular weight excluding hydrogens is 262 g/mol. The molecule has 1 saturated heterocycles. The van der Waals surface area contributed by atoms with Crippen LogP contribution < -0.4 is 11.1 Å². The summed E-state index contributed by atoms with van der Waals surface area (Å²) in [5, 5.41) is 4.19. The maximum atomic E-state index is 5.97. The molecule has 0 amide bonds. The molecule has 0 unspecified atom stereocenters. The standard InChI is InChI=1S/C13H17N5.ClH/c1-18(9-6-15-7-9)8-12-16-11-5-3-2-4-10(11)13(14)17-12;/h2-5,9,15H,6-8H2,1H3,(H2,14,16,17);1H. The monoisotopic (exact) mass is 279 g/mol. The molecule has 1 aliphatic rings. The molecule has 0 radical (unpaired) electrons. The predicted octanol–water partition coefficient (Wildman–Crippen LogP) is 1.04. The summed E-state index contributed by atoms with van der Waals surface area (Å²) < 4.78 is 0. The molecule has 1 fully saturated rings. The number of nitrogens with zero attached hydrogens (tertiary/aromatic N) is 3. The summed E-state index contributed by atoms with van der Waals surface area (Å²) in [6.07, 6.45) is 0. The Balaban J connectivity index is 0.00000133. The van der Waals surface area contributed by atoms with Crippen LogP contribution in [0.1, 0.15) is 5.82 Å². The van der Waals surface area contributed by atoms with E-state index in [0.717, 1.165) is 36.4 Å². The van der Waals surface area contributed by atoms with Gasteiger partial charge in [-0.05, 0) is 19.2 Å². The molecule has 3 rings (SSSR count). The first-order valence-electron chi connectivity index (χ1n) is 6.16. The van der Waals surface area contributed by atoms with Gasteiger partial charge in [0.05, 0.1) is 12.1 Å². The van der Waals surface area contributed by atoms with Crippen LogP contribution in [0.5, 0.6) is 0 Å². The maximum absolute atomic E-state index is 5.97. The van der Waals surface area contributed by atoms with E-state index in [4.69, 9.17) is 5.73 Å². The van der Waals surface area contributed by atoms with Crippen molar-refractivity contribution in [2.24, 2.45) is 0 Å². The number of halogens is 1. The minimum atomic E-state index is 0. The van der Waals surface area contributed by atoms with Crippen LogP contribution in [-0.2, 0) is 6.54 Å². The van der Waals surface area contributed by atoms with Gasteiger partial charge in [-0.2, -0.15) is 0 Å². The number of rotatable bonds is 3. The first-order chi connectivity index (χ1) is 8.74. The van der Waals surface area contributed by atoms with Gasteiger partial charge in [0.15, 0.2) is 0 Å². The number of benzene rings is 1. The quantitative estimate of drug-likeness (QED) is 0.879. The first kappa shape index (κ1) is 14.0. The number of anilines is 1. The fourth-order valence-corrected chi connectivity index (χ4v) is 2.16. The van der Waals surface area contributed by atoms with Gasteiger partial charge in [-0.3, -0.25) is 4.90 Å². The lowest BCUT2D eigenvalue weighted by Gasteiger charge is -2.35. The van der Waals surface area contributed by atoms with E-state index in [1.807, 2.05) is 24.3 Å². The third-order valence-electron chi connectivity index (χ3n) is 3.45. The number of nitrogens with two attached hydrogens (primary N) is 1. The van der Waals surface area contributed by atoms with Crippen LogP contribution in [0.25, 0.3) is 10.9 Å². The van der Waals surface area contributed by atoms with Gasteiger partial charge in [-0.25, -0.2) is 9.97 Å². The van der Waals surface area contributed by atoms with E-state index in [2.05, 4.69) is 27.2 Å². The van der Waals surface area contributed by atoms with Gasteiger partial charge in [0, 0.05) is 24.5 Å². The zero-order valence-electron chi connectivity index (χ0n) is 10.8. The minimum Gasteiger partial charge on any atom is -0.383 e. The van der Waals surface area contributed by atoms with E-state index < -0.39 is 0 Å². The van der Waals surface area contributed by atoms with Gasteiger partial charge in [0.1, 0.15) is 11.6 Å². The molecule has 0 aliphatic carbocycles. The molecule has 1 aromatic carbocycles. The molecule has 0 saturated carbocycles. The van der Waals surface area contributed by atoms with Crippen molar-refractivity contribution >= 4 is 29.1 Å². The molecule has 0 atom stereocenters. The second-order valence-electron chi connectivity index (χ2n) is 4.77. The summed E-state index contributed by atoms with van der Waals surface area (Å²) in [7, 11) is 2.10. The summed E-state index contributed by atoms with van der Waals surface area (Å²) in [5.74, 6) is 1.36. The van der Waals surface area contributed by atoms with E-state index in [0.29, 0.717) is 11.9 Å². The molecule has 1 aliphatic heterocycles. The molecule has 0 bridgehead atoms. The number of hydrogen-bond donors (Lipinski definition) is 2. The number of likely N-dealkylation sites (N-methyl/N-ethyl adjacent to an activating group) is 1. The van der Waals surface area contributed by atoms with Crippen LogP contribution in [0.15, 0.2) is 24.3 Å². The number of nitrogens with one attached hydrogen (secondary N) is 1. The van der Waals surface area contributed by atoms with Crippen molar-refractivity contribution in [1.29, 1.82) is 0 Å². The summed E-state index contributed by atoms with van der Waals surface area (Å²) in [6.45, 7) is 2.82. The van der Waals surface area contributed by atoms with Gasteiger partial charge in [-0.15, -0.1) is 12.4 Å². The third kappa shape index (κ3) is 2.78. The molecule has 0 spiro atoms. The van der Waals surface area contributed by atoms with Gasteiger partial charge in [0.25, 0.3) is 0 Å². The first-order valence-corrected chi connectivity index (χ1v) is 6.16. The predicted molar refractivity (Wildman–Crippen MR) is 79.3 cm³/mol. The highest BCUT2D eigenvalue weighted by Gasteiger charge is 2.22. The molecule has 2 aromatic rings. The number of para-hydroxylation sites is 1. The minimum absolute atomic E-state index is 0. The Bertz CT molecular complexity index is 570. The molecule has 6 heteroatoms. The van der Waals surface area contributed by atoms with Crippen molar-refractivity contribution in [2.45, 2.75) is 12.6 Å². The average molecular weight is 280 g/mol. The Kier molecular flexibility index (Phi) is 4.19. The van der Waals surface area contributed by atoms with E-state index in [9.17, 15) is 0 Å². The van der Waals surface area contributed by atoms with Crippen LogP contribution >= 0.6 is 12.4 Å². The van der Waals surface area contributed by atoms with Crippen molar-refractivity contribution in [3.63, 3.8) is 0 Å². The maximum Gasteiger partial charge on any atom is 0.145 e. The summed E-state index contributed by atoms with van der Waals surface area (Å²) in [5.41, 5.74) is 6.89. The van der Waals surface area contributed by atoms with E-state index in [1.54, 1.807) is 0 Å². The summed E-state index contributed by atoms with van der Waals surface area (Å²) in [6, 6.07) is 8.43. The van der Waals surface area contributed by atoms with E-state index in [1.165, 1.54) is 0 Å². The Morgan fingerprint density at radius 3 is 2.74 bits per heavy atom. The van der Waals surface area contributed by atoms with Crippen molar-refractivity contribution in [1.82, 2.24) is 20.2 Å². The van der Waals surface area contributed by atoms with E-state index in [-0.39, 0.29) is 12.4 Å². The summed E-state index contributed by atoms with van der Waals surface area (Å²) in [4.78, 5) is 11.2. The molecule has 3 N–H and O–H groups in total. The van der Waals surface area contributed by atoms with Gasteiger partial charge in [0.2, 0.25) is 0 Å². The lowest BCUT2D eigenvalue weighted by molar-refractivity contribution is 0.169. The lowest BCUT2D eigenvalue weighted by Crippen LogP contribution is -2.55. The van der Waals surface area contributed by atoms with Crippen molar-refractivity contribution in [2.75, 3.05) is 25.9 Å². The highest BCUT2D eigenvalue weighted by Crippen LogP contribution is 2.18. The van der Waals surface area contributed by atoms with Crippen LogP contribution in [0.2, 0.25) is 0 Å². The Labute approximate surface area is 118 Å². The van der Waals surface area contributed by atoms with Gasteiger partial charge in [-0.1, -0.05) is 12.1 Å². The molecule has 2 heterocycles. The number of fused-ring (bicyclic) bond motifs is 1. The zero-order chi connectivity index (χ0) is 12.5. The number of nitrogen functional groups attached to an aromatic ring is 1. The number of aromatic nitrogens is 2. The van der Waals surface area contributed by atoms with Crippen LogP contribution in [0.4, 0.5) is 5.82 Å². The molecule has 102 valence electrons. The SMILES string of the molecule is CN(Cc1nc(N)c2ccccc2n1)C1CNC1.Cl. The van der Waals surface area contributed by atoms with Gasteiger partial charge >= 0.3 is 0 Å². The lowest BCUT2D eigenvalue weighted by atomic mass is 10.1. The smallest absolute Gasteiger partial charge is 0.145 e. The second-order valence-corrected chi connectivity index (χ2v) is 4.77. The fourth-order valence-electron chi connectivity index (χ4n) is 2.16. The number of hydrogen-bond acceptors (Lipinski definition) is 5. The Morgan fingerprint density at radius 1 is 1.32 bits per heavy atom. The van der Waals surface area contributed by atoms with Crippen molar-refractivity contribution in [3.05, 3.63) is 30.1 Å². The van der Waals surface area contributed by atoms with E-state index >= 15 is 0 Å². The van der Waals surface area contributed by atoms with Crippen molar-refractivity contribution in [3.8, 4) is 0 Å². The summed E-state index contributed by atoms with van der Waals surface area (Å²) >= 11 is 0. The largest absolute Gasteiger partial charge is 0.383 e. The highest BCUT2D eigenvalue weighted by molar-refractivity contribution is 5.87. The average Bonchev–Trinajstić information content (AvgIpc) is 2.26. The molecule has 19 heavy (non-hydrogen) atoms. The van der Waals surface area contributed by atoms with Crippen LogP contribution in [0, 0.1) is 0 Å². The molecular formula is C13H18ClN5. The van der Waals surface area contributed by atoms with Crippen molar-refractivity contribution < 1.29 is 0 Å². The second kappa shape index (κ2) is 5.69. The molecule has 5 nitrogen and oxygen atoms in total. The molecule has 1 aromatic heterocycles. The topological polar surface area (TPSA) is 67.1 Å². The Hall–Kier alpha value is -1.43. The van der Waals surface area contributed by atoms with Gasteiger partial charge < -0.3 is 11.1 Å². The third-order valence-corrected chi connectivity index (χ3v) is 3.45. The van der Waals surface area contributed by atoms with Crippen LogP contribution in [0.3, 0.4) is 0 Å².